The van der Waals surface area contributed by atoms with Crippen LogP contribution < -0.4 is 5.32 Å². The fraction of sp³-hybridized carbons (Fsp3) is 0.846. The molecule has 0 amide bonds. The first-order valence-electron chi connectivity index (χ1n) is 6.25. The van der Waals surface area contributed by atoms with E-state index in [0.717, 1.165) is 12.3 Å². The van der Waals surface area contributed by atoms with E-state index in [2.05, 4.69) is 30.8 Å². The average molecular weight is 210 g/mol. The average Bonchev–Trinajstić information content (AvgIpc) is 2.25. The maximum absolute atomic E-state index is 3.76. The molecule has 0 aromatic heterocycles. The Kier molecular flexibility index (Phi) is 5.96. The molecule has 15 heavy (non-hydrogen) atoms. The number of nitrogens with one attached hydrogen (secondary N) is 1. The Labute approximate surface area is 94.7 Å². The first-order valence-corrected chi connectivity index (χ1v) is 6.25. The number of hydrogen-bond donors (Lipinski definition) is 1. The van der Waals surface area contributed by atoms with E-state index in [0.29, 0.717) is 6.04 Å². The summed E-state index contributed by atoms with van der Waals surface area (Å²) in [4.78, 5) is 2.43. The number of hydrogen-bond acceptors (Lipinski definition) is 2. The molecule has 1 N–H and O–H groups in total. The second-order valence-electron chi connectivity index (χ2n) is 4.92. The zero-order valence-corrected chi connectivity index (χ0v) is 10.3. The minimum absolute atomic E-state index is 0.641. The van der Waals surface area contributed by atoms with Crippen LogP contribution in [0.1, 0.15) is 32.6 Å². The van der Waals surface area contributed by atoms with Crippen LogP contribution in [0.15, 0.2) is 12.7 Å². The van der Waals surface area contributed by atoms with E-state index in [9.17, 15) is 0 Å². The molecule has 1 aliphatic heterocycles. The van der Waals surface area contributed by atoms with Crippen LogP contribution in [0, 0.1) is 5.92 Å². The summed E-state index contributed by atoms with van der Waals surface area (Å²) in [6.45, 7) is 9.78. The van der Waals surface area contributed by atoms with Crippen molar-refractivity contribution in [1.29, 1.82) is 0 Å². The van der Waals surface area contributed by atoms with Gasteiger partial charge in [-0.2, -0.15) is 0 Å². The Hall–Kier alpha value is -0.340. The van der Waals surface area contributed by atoms with Crippen LogP contribution in [0.25, 0.3) is 0 Å². The summed E-state index contributed by atoms with van der Waals surface area (Å²) in [7, 11) is 2.22. The second-order valence-corrected chi connectivity index (χ2v) is 4.92. The van der Waals surface area contributed by atoms with Crippen molar-refractivity contribution < 1.29 is 0 Å². The molecule has 88 valence electrons. The summed E-state index contributed by atoms with van der Waals surface area (Å²) in [5, 5.41) is 3.64. The minimum atomic E-state index is 0.641. The standard InChI is InChI=1S/C13H26N2/c1-4-5-6-12(2)14-11-13-7-9-15(3)10-8-13/h4,12-14H,1,5-11H2,2-3H3/t12-/m0/s1. The molecule has 0 aromatic rings. The number of nitrogens with zero attached hydrogens (tertiary/aromatic N) is 1. The van der Waals surface area contributed by atoms with Crippen molar-refractivity contribution in [2.45, 2.75) is 38.6 Å². The van der Waals surface area contributed by atoms with Gasteiger partial charge < -0.3 is 10.2 Å². The van der Waals surface area contributed by atoms with Gasteiger partial charge in [-0.3, -0.25) is 0 Å². The lowest BCUT2D eigenvalue weighted by Gasteiger charge is -2.29. The molecule has 1 saturated heterocycles. The zero-order chi connectivity index (χ0) is 11.1. The number of piperidine rings is 1. The molecular formula is C13H26N2. The topological polar surface area (TPSA) is 15.3 Å². The van der Waals surface area contributed by atoms with Crippen LogP contribution >= 0.6 is 0 Å². The maximum atomic E-state index is 3.76. The third kappa shape index (κ3) is 5.33. The molecule has 0 bridgehead atoms. The van der Waals surface area contributed by atoms with Crippen molar-refractivity contribution in [3.63, 3.8) is 0 Å². The molecule has 1 aliphatic rings. The Morgan fingerprint density at radius 1 is 1.47 bits per heavy atom. The summed E-state index contributed by atoms with van der Waals surface area (Å²) >= 11 is 0. The Morgan fingerprint density at radius 3 is 2.73 bits per heavy atom. The van der Waals surface area contributed by atoms with Crippen molar-refractivity contribution >= 4 is 0 Å². The van der Waals surface area contributed by atoms with E-state index in [1.54, 1.807) is 0 Å². The Balaban J connectivity index is 2.06. The summed E-state index contributed by atoms with van der Waals surface area (Å²) in [6.07, 6.45) is 7.07. The van der Waals surface area contributed by atoms with Gasteiger partial charge in [0.1, 0.15) is 0 Å². The fourth-order valence-electron chi connectivity index (χ4n) is 2.10. The molecule has 0 saturated carbocycles. The molecule has 1 heterocycles. The molecule has 2 heteroatoms. The SMILES string of the molecule is C=CCC[C@H](C)NCC1CCN(C)CC1. The summed E-state index contributed by atoms with van der Waals surface area (Å²) in [6, 6.07) is 0.641. The predicted octanol–water partition coefficient (Wildman–Crippen LogP) is 2.27. The van der Waals surface area contributed by atoms with Crippen LogP contribution in [-0.4, -0.2) is 37.6 Å². The lowest BCUT2D eigenvalue weighted by molar-refractivity contribution is 0.213. The molecule has 0 unspecified atom stereocenters. The smallest absolute Gasteiger partial charge is 0.00417 e. The highest BCUT2D eigenvalue weighted by molar-refractivity contribution is 4.75. The number of likely N-dealkylation sites (tertiary alicyclic amines) is 1. The highest BCUT2D eigenvalue weighted by Crippen LogP contribution is 2.15. The van der Waals surface area contributed by atoms with Gasteiger partial charge in [0.15, 0.2) is 0 Å². The van der Waals surface area contributed by atoms with Gasteiger partial charge in [-0.15, -0.1) is 6.58 Å². The van der Waals surface area contributed by atoms with Gasteiger partial charge >= 0.3 is 0 Å². The van der Waals surface area contributed by atoms with Crippen molar-refractivity contribution in [3.05, 3.63) is 12.7 Å². The number of allylic oxidation sites excluding steroid dienone is 1. The van der Waals surface area contributed by atoms with Gasteiger partial charge in [0.05, 0.1) is 0 Å². The van der Waals surface area contributed by atoms with Gasteiger partial charge in [-0.05, 0) is 65.2 Å². The second kappa shape index (κ2) is 7.02. The molecule has 0 aromatic carbocycles. The molecule has 1 atom stereocenters. The van der Waals surface area contributed by atoms with Crippen LogP contribution in [0.3, 0.4) is 0 Å². The first kappa shape index (κ1) is 12.7. The van der Waals surface area contributed by atoms with E-state index in [4.69, 9.17) is 0 Å². The summed E-state index contributed by atoms with van der Waals surface area (Å²) in [5.74, 6) is 0.896. The molecule has 2 nitrogen and oxygen atoms in total. The molecule has 1 fully saturated rings. The Morgan fingerprint density at radius 2 is 2.13 bits per heavy atom. The van der Waals surface area contributed by atoms with Gasteiger partial charge in [0, 0.05) is 6.04 Å². The van der Waals surface area contributed by atoms with Crippen LogP contribution in [0.2, 0.25) is 0 Å². The van der Waals surface area contributed by atoms with Crippen molar-refractivity contribution in [2.24, 2.45) is 5.92 Å². The van der Waals surface area contributed by atoms with Crippen molar-refractivity contribution in [2.75, 3.05) is 26.7 Å². The highest BCUT2D eigenvalue weighted by Gasteiger charge is 2.16. The van der Waals surface area contributed by atoms with Gasteiger partial charge in [0.25, 0.3) is 0 Å². The third-order valence-corrected chi connectivity index (χ3v) is 3.40. The minimum Gasteiger partial charge on any atom is -0.314 e. The third-order valence-electron chi connectivity index (χ3n) is 3.40. The van der Waals surface area contributed by atoms with Crippen LogP contribution in [0.5, 0.6) is 0 Å². The first-order chi connectivity index (χ1) is 7.22. The largest absolute Gasteiger partial charge is 0.314 e. The van der Waals surface area contributed by atoms with E-state index in [1.807, 2.05) is 6.08 Å². The van der Waals surface area contributed by atoms with Crippen molar-refractivity contribution in [3.8, 4) is 0 Å². The summed E-state index contributed by atoms with van der Waals surface area (Å²) < 4.78 is 0. The molecule has 0 aliphatic carbocycles. The van der Waals surface area contributed by atoms with Gasteiger partial charge in [0.2, 0.25) is 0 Å². The van der Waals surface area contributed by atoms with Crippen molar-refractivity contribution in [1.82, 2.24) is 10.2 Å². The highest BCUT2D eigenvalue weighted by atomic mass is 15.1. The molecule has 0 spiro atoms. The predicted molar refractivity (Wildman–Crippen MR) is 67.1 cm³/mol. The normalized spacial score (nSPS) is 21.5. The van der Waals surface area contributed by atoms with E-state index in [1.165, 1.54) is 38.9 Å². The summed E-state index contributed by atoms with van der Waals surface area (Å²) in [5.41, 5.74) is 0. The maximum Gasteiger partial charge on any atom is 0.00417 e. The molecule has 0 radical (unpaired) electrons. The van der Waals surface area contributed by atoms with Gasteiger partial charge in [-0.1, -0.05) is 6.08 Å². The number of rotatable bonds is 6. The quantitative estimate of drug-likeness (QED) is 0.677. The van der Waals surface area contributed by atoms with Crippen LogP contribution in [0.4, 0.5) is 0 Å². The fourth-order valence-corrected chi connectivity index (χ4v) is 2.10. The van der Waals surface area contributed by atoms with Crippen LogP contribution in [-0.2, 0) is 0 Å². The van der Waals surface area contributed by atoms with E-state index in [-0.39, 0.29) is 0 Å². The van der Waals surface area contributed by atoms with E-state index < -0.39 is 0 Å². The monoisotopic (exact) mass is 210 g/mol. The van der Waals surface area contributed by atoms with Gasteiger partial charge in [-0.25, -0.2) is 0 Å². The molecular weight excluding hydrogens is 184 g/mol. The lowest BCUT2D eigenvalue weighted by Crippen LogP contribution is -2.37. The zero-order valence-electron chi connectivity index (χ0n) is 10.3. The Bertz CT molecular complexity index is 171. The lowest BCUT2D eigenvalue weighted by atomic mass is 9.97. The van der Waals surface area contributed by atoms with E-state index >= 15 is 0 Å². The molecule has 1 rings (SSSR count).